The van der Waals surface area contributed by atoms with Crippen molar-refractivity contribution in [2.24, 2.45) is 0 Å². The molecule has 0 saturated heterocycles. The van der Waals surface area contributed by atoms with Gasteiger partial charge >= 0.3 is 5.97 Å². The predicted octanol–water partition coefficient (Wildman–Crippen LogP) is 2.50. The van der Waals surface area contributed by atoms with E-state index in [1.165, 1.54) is 31.4 Å². The van der Waals surface area contributed by atoms with Gasteiger partial charge < -0.3 is 14.9 Å². The van der Waals surface area contributed by atoms with Gasteiger partial charge in [0.15, 0.2) is 11.6 Å². The molecule has 0 amide bonds. The monoisotopic (exact) mass is 396 g/mol. The Morgan fingerprint density at radius 3 is 2.38 bits per heavy atom. The Kier molecular flexibility index (Phi) is 5.50. The summed E-state index contributed by atoms with van der Waals surface area (Å²) in [7, 11) is 1.21. The minimum Gasteiger partial charge on any atom is -0.507 e. The largest absolute Gasteiger partial charge is 0.507 e. The molecule has 2 aromatic rings. The fraction of sp³-hybridized carbons (Fsp3) is 0.273. The van der Waals surface area contributed by atoms with Crippen LogP contribution in [0.5, 0.6) is 11.5 Å². The zero-order valence-electron chi connectivity index (χ0n) is 16.1. The van der Waals surface area contributed by atoms with Crippen molar-refractivity contribution in [3.05, 3.63) is 57.6 Å². The molecule has 0 atom stereocenters. The third-order valence-electron chi connectivity index (χ3n) is 5.09. The first-order chi connectivity index (χ1) is 13.8. The molecule has 0 heterocycles. The van der Waals surface area contributed by atoms with Gasteiger partial charge in [-0.15, -0.1) is 0 Å². The van der Waals surface area contributed by atoms with Gasteiger partial charge in [-0.05, 0) is 29.7 Å². The van der Waals surface area contributed by atoms with Crippen LogP contribution < -0.4 is 0 Å². The van der Waals surface area contributed by atoms with Crippen LogP contribution >= 0.6 is 0 Å². The number of phenols is 2. The summed E-state index contributed by atoms with van der Waals surface area (Å²) in [5, 5.41) is 20.9. The zero-order chi connectivity index (χ0) is 21.3. The maximum Gasteiger partial charge on any atom is 0.309 e. The quantitative estimate of drug-likeness (QED) is 0.615. The van der Waals surface area contributed by atoms with E-state index in [0.717, 1.165) is 0 Å². The van der Waals surface area contributed by atoms with Gasteiger partial charge in [0.25, 0.3) is 0 Å². The molecule has 0 radical (unpaired) electrons. The molecule has 29 heavy (non-hydrogen) atoms. The molecule has 1 aliphatic carbocycles. The number of ketones is 3. The number of rotatable bonds is 6. The van der Waals surface area contributed by atoms with Crippen LogP contribution in [0, 0.1) is 0 Å². The van der Waals surface area contributed by atoms with Crippen LogP contribution in [-0.4, -0.2) is 40.6 Å². The molecule has 7 nitrogen and oxygen atoms in total. The van der Waals surface area contributed by atoms with E-state index >= 15 is 0 Å². The minimum atomic E-state index is -0.620. The highest BCUT2D eigenvalue weighted by molar-refractivity contribution is 6.30. The summed E-state index contributed by atoms with van der Waals surface area (Å²) in [6, 6.07) is 5.51. The minimum absolute atomic E-state index is 0.00546. The summed E-state index contributed by atoms with van der Waals surface area (Å²) in [6.07, 6.45) is 0.327. The number of ether oxygens (including phenoxy) is 1. The van der Waals surface area contributed by atoms with E-state index in [2.05, 4.69) is 4.74 Å². The van der Waals surface area contributed by atoms with Gasteiger partial charge in [-0.1, -0.05) is 19.1 Å². The average molecular weight is 396 g/mol. The lowest BCUT2D eigenvalue weighted by Crippen LogP contribution is -2.23. The Labute approximate surface area is 166 Å². The standard InChI is InChI=1S/C22H20O7/c1-3-12(23)7-8-13-11(10-17(25)29-2)9-15-19(20(13)26)21(27)14-5-4-6-16(24)18(14)22(15)28/h4-6,9,24,26H,3,7-8,10H2,1-2H3. The van der Waals surface area contributed by atoms with Crippen molar-refractivity contribution >= 4 is 23.3 Å². The number of fused-ring (bicyclic) bond motifs is 2. The third-order valence-corrected chi connectivity index (χ3v) is 5.09. The van der Waals surface area contributed by atoms with Crippen molar-refractivity contribution in [1.82, 2.24) is 0 Å². The van der Waals surface area contributed by atoms with Crippen LogP contribution in [0.1, 0.15) is 62.7 Å². The molecule has 7 heteroatoms. The van der Waals surface area contributed by atoms with E-state index in [9.17, 15) is 29.4 Å². The lowest BCUT2D eigenvalue weighted by molar-refractivity contribution is -0.139. The smallest absolute Gasteiger partial charge is 0.309 e. The Morgan fingerprint density at radius 1 is 1.03 bits per heavy atom. The lowest BCUT2D eigenvalue weighted by atomic mass is 9.80. The number of methoxy groups -OCH3 is 1. The van der Waals surface area contributed by atoms with Crippen LogP contribution in [0.3, 0.4) is 0 Å². The SMILES string of the molecule is CCC(=O)CCc1c(CC(=O)OC)cc2c(c1O)C(=O)c1cccc(O)c1C2=O. The molecule has 0 spiro atoms. The van der Waals surface area contributed by atoms with Gasteiger partial charge in [-0.3, -0.25) is 19.2 Å². The molecule has 3 rings (SSSR count). The second-order valence-corrected chi connectivity index (χ2v) is 6.79. The van der Waals surface area contributed by atoms with Gasteiger partial charge in [-0.25, -0.2) is 0 Å². The van der Waals surface area contributed by atoms with E-state index in [-0.39, 0.29) is 58.6 Å². The topological polar surface area (TPSA) is 118 Å². The number of carbonyl (C=O) groups is 4. The van der Waals surface area contributed by atoms with Gasteiger partial charge in [0.2, 0.25) is 0 Å². The Hall–Kier alpha value is -3.48. The highest BCUT2D eigenvalue weighted by Crippen LogP contribution is 2.40. The van der Waals surface area contributed by atoms with Gasteiger partial charge in [0.1, 0.15) is 17.3 Å². The van der Waals surface area contributed by atoms with Crippen LogP contribution in [0.15, 0.2) is 24.3 Å². The molecule has 2 N–H and O–H groups in total. The van der Waals surface area contributed by atoms with Crippen molar-refractivity contribution in [2.45, 2.75) is 32.6 Å². The predicted molar refractivity (Wildman–Crippen MR) is 102 cm³/mol. The number of esters is 1. The summed E-state index contributed by atoms with van der Waals surface area (Å²) in [5.41, 5.74) is 0.154. The average Bonchev–Trinajstić information content (AvgIpc) is 2.70. The maximum absolute atomic E-state index is 13.0. The first-order valence-corrected chi connectivity index (χ1v) is 9.17. The second kappa shape index (κ2) is 7.87. The highest BCUT2D eigenvalue weighted by atomic mass is 16.5. The fourth-order valence-electron chi connectivity index (χ4n) is 3.52. The summed E-state index contributed by atoms with van der Waals surface area (Å²) in [5.74, 6) is -2.61. The first kappa shape index (κ1) is 20.3. The van der Waals surface area contributed by atoms with E-state index in [1.807, 2.05) is 0 Å². The molecule has 0 bridgehead atoms. The first-order valence-electron chi connectivity index (χ1n) is 9.17. The molecule has 0 aliphatic heterocycles. The van der Waals surface area contributed by atoms with Crippen molar-refractivity contribution in [2.75, 3.05) is 7.11 Å². The van der Waals surface area contributed by atoms with E-state index in [1.54, 1.807) is 6.92 Å². The van der Waals surface area contributed by atoms with E-state index in [4.69, 9.17) is 0 Å². The molecule has 0 saturated carbocycles. The van der Waals surface area contributed by atoms with Crippen molar-refractivity contribution < 1.29 is 34.1 Å². The van der Waals surface area contributed by atoms with Crippen molar-refractivity contribution in [3.8, 4) is 11.5 Å². The number of carbonyl (C=O) groups excluding carboxylic acids is 4. The van der Waals surface area contributed by atoms with Crippen LogP contribution in [0.4, 0.5) is 0 Å². The van der Waals surface area contributed by atoms with E-state index in [0.29, 0.717) is 12.0 Å². The highest BCUT2D eigenvalue weighted by Gasteiger charge is 2.36. The van der Waals surface area contributed by atoms with Gasteiger partial charge in [-0.2, -0.15) is 0 Å². The number of hydrogen-bond acceptors (Lipinski definition) is 7. The number of aromatic hydroxyl groups is 2. The van der Waals surface area contributed by atoms with Crippen LogP contribution in [0.25, 0.3) is 0 Å². The Balaban J connectivity index is 2.20. The van der Waals surface area contributed by atoms with Crippen molar-refractivity contribution in [1.29, 1.82) is 0 Å². The Morgan fingerprint density at radius 2 is 1.72 bits per heavy atom. The normalized spacial score (nSPS) is 12.3. The molecular weight excluding hydrogens is 376 g/mol. The number of Topliss-reactive ketones (excluding diaryl/α,β-unsaturated/α-hetero) is 1. The summed E-state index contributed by atoms with van der Waals surface area (Å²) >= 11 is 0. The fourth-order valence-corrected chi connectivity index (χ4v) is 3.52. The summed E-state index contributed by atoms with van der Waals surface area (Å²) in [6.45, 7) is 1.72. The maximum atomic E-state index is 13.0. The van der Waals surface area contributed by atoms with Crippen molar-refractivity contribution in [3.63, 3.8) is 0 Å². The molecule has 0 unspecified atom stereocenters. The van der Waals surface area contributed by atoms with Gasteiger partial charge in [0, 0.05) is 24.0 Å². The van der Waals surface area contributed by atoms with Gasteiger partial charge in [0.05, 0.1) is 24.7 Å². The molecule has 0 fully saturated rings. The number of phenolic OH excluding ortho intramolecular Hbond substituents is 2. The zero-order valence-corrected chi connectivity index (χ0v) is 16.1. The second-order valence-electron chi connectivity index (χ2n) is 6.79. The molecule has 150 valence electrons. The summed E-state index contributed by atoms with van der Waals surface area (Å²) in [4.78, 5) is 49.6. The third kappa shape index (κ3) is 3.51. The molecule has 0 aromatic heterocycles. The number of hydrogen-bond donors (Lipinski definition) is 2. The van der Waals surface area contributed by atoms with E-state index < -0.39 is 23.3 Å². The summed E-state index contributed by atoms with van der Waals surface area (Å²) < 4.78 is 4.68. The molecule has 2 aromatic carbocycles. The van der Waals surface area contributed by atoms with Crippen LogP contribution in [0.2, 0.25) is 0 Å². The van der Waals surface area contributed by atoms with Crippen LogP contribution in [-0.2, 0) is 27.2 Å². The molecular formula is C22H20O7. The lowest BCUT2D eigenvalue weighted by Gasteiger charge is -2.22. The number of benzene rings is 2. The molecule has 1 aliphatic rings. The Bertz CT molecular complexity index is 1050.